The molecule has 0 aromatic heterocycles. The van der Waals surface area contributed by atoms with Gasteiger partial charge in [0.15, 0.2) is 0 Å². The Balaban J connectivity index is 2.02. The molecular formula is C17H15BrN2. The van der Waals surface area contributed by atoms with Gasteiger partial charge in [0.2, 0.25) is 0 Å². The minimum atomic E-state index is 0.359. The lowest BCUT2D eigenvalue weighted by atomic mass is 10.1. The van der Waals surface area contributed by atoms with Crippen LogP contribution in [-0.4, -0.2) is 6.21 Å². The Morgan fingerprint density at radius 1 is 1.05 bits per heavy atom. The fraction of sp³-hybridized carbons (Fsp3) is 0.118. The number of halogens is 1. The van der Waals surface area contributed by atoms with Crippen LogP contribution in [0.15, 0.2) is 59.7 Å². The molecule has 1 unspecified atom stereocenters. The number of rotatable bonds is 2. The summed E-state index contributed by atoms with van der Waals surface area (Å²) in [5.41, 5.74) is 4.59. The third-order valence-corrected chi connectivity index (χ3v) is 3.83. The van der Waals surface area contributed by atoms with Gasteiger partial charge in [-0.1, -0.05) is 52.3 Å². The molecule has 3 heteroatoms. The fourth-order valence-electron chi connectivity index (χ4n) is 2.22. The first-order valence-electron chi connectivity index (χ1n) is 6.59. The third-order valence-electron chi connectivity index (χ3n) is 3.31. The SMILES string of the molecule is CC(Br)c1ccc(N2N=CC=Cc3ccccc32)cc1. The van der Waals surface area contributed by atoms with Gasteiger partial charge in [0.25, 0.3) is 0 Å². The number of fused-ring (bicyclic) bond motifs is 1. The Morgan fingerprint density at radius 3 is 2.55 bits per heavy atom. The van der Waals surface area contributed by atoms with Gasteiger partial charge in [-0.05, 0) is 36.8 Å². The molecule has 0 radical (unpaired) electrons. The van der Waals surface area contributed by atoms with Crippen LogP contribution in [0.2, 0.25) is 0 Å². The minimum Gasteiger partial charge on any atom is -0.233 e. The first-order chi connectivity index (χ1) is 9.75. The van der Waals surface area contributed by atoms with Crippen LogP contribution in [0.25, 0.3) is 6.08 Å². The van der Waals surface area contributed by atoms with Crippen molar-refractivity contribution in [3.05, 3.63) is 65.7 Å². The predicted octanol–water partition coefficient (Wildman–Crippen LogP) is 5.29. The van der Waals surface area contributed by atoms with Crippen LogP contribution in [0.3, 0.4) is 0 Å². The molecular weight excluding hydrogens is 312 g/mol. The highest BCUT2D eigenvalue weighted by Gasteiger charge is 2.12. The van der Waals surface area contributed by atoms with Crippen molar-refractivity contribution in [1.82, 2.24) is 0 Å². The molecule has 0 bridgehead atoms. The van der Waals surface area contributed by atoms with Crippen LogP contribution in [0.4, 0.5) is 11.4 Å². The van der Waals surface area contributed by atoms with Crippen molar-refractivity contribution >= 4 is 39.6 Å². The molecule has 1 aliphatic heterocycles. The molecule has 100 valence electrons. The summed E-state index contributed by atoms with van der Waals surface area (Å²) in [7, 11) is 0. The van der Waals surface area contributed by atoms with Gasteiger partial charge in [-0.15, -0.1) is 0 Å². The van der Waals surface area contributed by atoms with Gasteiger partial charge < -0.3 is 0 Å². The average Bonchev–Trinajstić information content (AvgIpc) is 2.69. The summed E-state index contributed by atoms with van der Waals surface area (Å²) >= 11 is 3.59. The maximum Gasteiger partial charge on any atom is 0.0724 e. The Labute approximate surface area is 127 Å². The van der Waals surface area contributed by atoms with E-state index in [0.29, 0.717) is 4.83 Å². The standard InChI is InChI=1S/C17H15BrN2/c1-13(18)14-8-10-16(11-9-14)20-17-7-3-2-5-15(17)6-4-12-19-20/h2-13H,1H3. The summed E-state index contributed by atoms with van der Waals surface area (Å²) in [6.45, 7) is 2.12. The van der Waals surface area contributed by atoms with E-state index in [4.69, 9.17) is 0 Å². The minimum absolute atomic E-state index is 0.359. The number of nitrogens with zero attached hydrogens (tertiary/aromatic N) is 2. The molecule has 0 aliphatic carbocycles. The van der Waals surface area contributed by atoms with Crippen LogP contribution in [0.1, 0.15) is 22.9 Å². The van der Waals surface area contributed by atoms with E-state index in [1.54, 1.807) is 0 Å². The number of benzene rings is 2. The van der Waals surface area contributed by atoms with Crippen LogP contribution in [0.5, 0.6) is 0 Å². The Kier molecular flexibility index (Phi) is 3.70. The second-order valence-electron chi connectivity index (χ2n) is 4.70. The van der Waals surface area contributed by atoms with Gasteiger partial charge in [0.1, 0.15) is 0 Å². The molecule has 1 atom stereocenters. The van der Waals surface area contributed by atoms with Gasteiger partial charge >= 0.3 is 0 Å². The molecule has 2 aromatic rings. The van der Waals surface area contributed by atoms with Crippen LogP contribution >= 0.6 is 15.9 Å². The molecule has 0 saturated carbocycles. The highest BCUT2D eigenvalue weighted by atomic mass is 79.9. The van der Waals surface area contributed by atoms with Crippen molar-refractivity contribution in [2.75, 3.05) is 5.01 Å². The molecule has 1 aliphatic rings. The van der Waals surface area contributed by atoms with Crippen molar-refractivity contribution in [2.45, 2.75) is 11.8 Å². The number of anilines is 2. The van der Waals surface area contributed by atoms with Crippen LogP contribution < -0.4 is 5.01 Å². The summed E-state index contributed by atoms with van der Waals surface area (Å²) in [5, 5.41) is 6.49. The zero-order chi connectivity index (χ0) is 13.9. The zero-order valence-electron chi connectivity index (χ0n) is 11.2. The molecule has 0 amide bonds. The molecule has 20 heavy (non-hydrogen) atoms. The molecule has 3 rings (SSSR count). The highest BCUT2D eigenvalue weighted by molar-refractivity contribution is 9.09. The topological polar surface area (TPSA) is 15.6 Å². The smallest absolute Gasteiger partial charge is 0.0724 e. The summed E-state index contributed by atoms with van der Waals surface area (Å²) in [6.07, 6.45) is 5.86. The van der Waals surface area contributed by atoms with Gasteiger partial charge in [-0.2, -0.15) is 5.10 Å². The lowest BCUT2D eigenvalue weighted by Crippen LogP contribution is -2.09. The second kappa shape index (κ2) is 5.63. The van der Waals surface area contributed by atoms with Crippen molar-refractivity contribution in [1.29, 1.82) is 0 Å². The van der Waals surface area contributed by atoms with E-state index >= 15 is 0 Å². The van der Waals surface area contributed by atoms with E-state index in [-0.39, 0.29) is 0 Å². The van der Waals surface area contributed by atoms with Crippen LogP contribution in [-0.2, 0) is 0 Å². The van der Waals surface area contributed by atoms with E-state index in [2.05, 4.69) is 70.4 Å². The van der Waals surface area contributed by atoms with Gasteiger partial charge in [-0.3, -0.25) is 0 Å². The van der Waals surface area contributed by atoms with E-state index in [1.165, 1.54) is 11.1 Å². The Bertz CT molecular complexity index is 657. The quantitative estimate of drug-likeness (QED) is 0.684. The van der Waals surface area contributed by atoms with E-state index in [9.17, 15) is 0 Å². The first kappa shape index (κ1) is 13.1. The highest BCUT2D eigenvalue weighted by Crippen LogP contribution is 2.32. The van der Waals surface area contributed by atoms with Gasteiger partial charge in [0.05, 0.1) is 11.4 Å². The Hall–Kier alpha value is -1.87. The van der Waals surface area contributed by atoms with E-state index in [0.717, 1.165) is 11.4 Å². The second-order valence-corrected chi connectivity index (χ2v) is 6.08. The molecule has 1 heterocycles. The molecule has 0 N–H and O–H groups in total. The summed E-state index contributed by atoms with van der Waals surface area (Å²) in [4.78, 5) is 0.359. The number of hydrogen-bond donors (Lipinski definition) is 0. The van der Waals surface area contributed by atoms with Crippen molar-refractivity contribution < 1.29 is 0 Å². The van der Waals surface area contributed by atoms with E-state index in [1.807, 2.05) is 29.4 Å². The first-order valence-corrected chi connectivity index (χ1v) is 7.51. The number of hydrogen-bond acceptors (Lipinski definition) is 2. The summed E-state index contributed by atoms with van der Waals surface area (Å²) in [6, 6.07) is 16.7. The van der Waals surface area contributed by atoms with Gasteiger partial charge in [0, 0.05) is 16.6 Å². The third kappa shape index (κ3) is 2.54. The number of alkyl halides is 1. The molecule has 0 fully saturated rings. The van der Waals surface area contributed by atoms with Crippen molar-refractivity contribution in [2.24, 2.45) is 5.10 Å². The normalized spacial score (nSPS) is 14.8. The Morgan fingerprint density at radius 2 is 1.80 bits per heavy atom. The summed E-state index contributed by atoms with van der Waals surface area (Å²) < 4.78 is 0. The van der Waals surface area contributed by atoms with Gasteiger partial charge in [-0.25, -0.2) is 5.01 Å². The van der Waals surface area contributed by atoms with Crippen LogP contribution in [0, 0.1) is 0 Å². The van der Waals surface area contributed by atoms with Crippen molar-refractivity contribution in [3.8, 4) is 0 Å². The fourth-order valence-corrected chi connectivity index (χ4v) is 2.53. The number of hydrazone groups is 1. The summed E-state index contributed by atoms with van der Waals surface area (Å²) in [5.74, 6) is 0. The number of allylic oxidation sites excluding steroid dienone is 1. The lowest BCUT2D eigenvalue weighted by Gasteiger charge is -2.20. The molecule has 0 saturated heterocycles. The zero-order valence-corrected chi connectivity index (χ0v) is 12.8. The average molecular weight is 327 g/mol. The van der Waals surface area contributed by atoms with Crippen molar-refractivity contribution in [3.63, 3.8) is 0 Å². The lowest BCUT2D eigenvalue weighted by molar-refractivity contribution is 1.08. The maximum absolute atomic E-state index is 4.52. The monoisotopic (exact) mass is 326 g/mol. The molecule has 0 spiro atoms. The maximum atomic E-state index is 4.52. The number of para-hydroxylation sites is 1. The molecule has 2 nitrogen and oxygen atoms in total. The largest absolute Gasteiger partial charge is 0.233 e. The predicted molar refractivity (Wildman–Crippen MR) is 89.9 cm³/mol. The molecule has 2 aromatic carbocycles. The van der Waals surface area contributed by atoms with E-state index < -0.39 is 0 Å².